The number of nitrogens with one attached hydrogen (secondary N) is 1. The van der Waals surface area contributed by atoms with Gasteiger partial charge in [-0.1, -0.05) is 27.2 Å². The minimum atomic E-state index is 0.713. The first-order valence-electron chi connectivity index (χ1n) is 7.19. The van der Waals surface area contributed by atoms with Gasteiger partial charge in [0.25, 0.3) is 0 Å². The highest BCUT2D eigenvalue weighted by atomic mass is 32.2. The fourth-order valence-corrected chi connectivity index (χ4v) is 3.09. The molecule has 2 nitrogen and oxygen atoms in total. The lowest BCUT2D eigenvalue weighted by Crippen LogP contribution is -2.58. The molecule has 0 aromatic carbocycles. The Balaban J connectivity index is 2.48. The van der Waals surface area contributed by atoms with Gasteiger partial charge >= 0.3 is 0 Å². The lowest BCUT2D eigenvalue weighted by molar-refractivity contribution is 0.0908. The van der Waals surface area contributed by atoms with Crippen LogP contribution in [0, 0.1) is 5.92 Å². The van der Waals surface area contributed by atoms with Gasteiger partial charge in [0.05, 0.1) is 0 Å². The molecule has 3 atom stereocenters. The van der Waals surface area contributed by atoms with E-state index in [1.54, 1.807) is 0 Å². The predicted octanol–water partition coefficient (Wildman–Crippen LogP) is 2.84. The van der Waals surface area contributed by atoms with E-state index < -0.39 is 0 Å². The first-order chi connectivity index (χ1) is 8.22. The monoisotopic (exact) mass is 258 g/mol. The third-order valence-electron chi connectivity index (χ3n) is 4.13. The summed E-state index contributed by atoms with van der Waals surface area (Å²) in [5, 5.41) is 3.71. The zero-order valence-electron chi connectivity index (χ0n) is 12.0. The molecule has 0 spiro atoms. The molecule has 3 unspecified atom stereocenters. The molecule has 1 aliphatic rings. The third-order valence-corrected chi connectivity index (χ3v) is 4.82. The van der Waals surface area contributed by atoms with E-state index in [9.17, 15) is 0 Å². The molecule has 0 aliphatic carbocycles. The third kappa shape index (κ3) is 4.80. The number of hydrogen-bond acceptors (Lipinski definition) is 3. The van der Waals surface area contributed by atoms with Crippen molar-refractivity contribution >= 4 is 11.8 Å². The van der Waals surface area contributed by atoms with E-state index in [-0.39, 0.29) is 0 Å². The van der Waals surface area contributed by atoms with Crippen molar-refractivity contribution < 1.29 is 0 Å². The van der Waals surface area contributed by atoms with Gasteiger partial charge in [0.2, 0.25) is 0 Å². The van der Waals surface area contributed by atoms with Gasteiger partial charge in [-0.05, 0) is 37.3 Å². The Morgan fingerprint density at radius 1 is 1.41 bits per heavy atom. The zero-order valence-corrected chi connectivity index (χ0v) is 12.9. The number of nitrogens with zero attached hydrogens (tertiary/aromatic N) is 1. The summed E-state index contributed by atoms with van der Waals surface area (Å²) in [6.45, 7) is 10.7. The van der Waals surface area contributed by atoms with Crippen molar-refractivity contribution in [3.8, 4) is 0 Å². The second-order valence-electron chi connectivity index (χ2n) is 5.31. The van der Waals surface area contributed by atoms with Crippen LogP contribution in [0.3, 0.4) is 0 Å². The summed E-state index contributed by atoms with van der Waals surface area (Å²) in [4.78, 5) is 2.75. The van der Waals surface area contributed by atoms with Crippen molar-refractivity contribution in [2.45, 2.75) is 52.1 Å². The summed E-state index contributed by atoms with van der Waals surface area (Å²) in [6.07, 6.45) is 6.09. The van der Waals surface area contributed by atoms with Crippen LogP contribution >= 0.6 is 11.8 Å². The molecule has 1 saturated heterocycles. The Morgan fingerprint density at radius 2 is 2.18 bits per heavy atom. The molecule has 0 radical (unpaired) electrons. The highest BCUT2D eigenvalue weighted by molar-refractivity contribution is 7.98. The highest BCUT2D eigenvalue weighted by Gasteiger charge is 2.29. The predicted molar refractivity (Wildman–Crippen MR) is 79.9 cm³/mol. The van der Waals surface area contributed by atoms with Crippen molar-refractivity contribution in [2.24, 2.45) is 5.92 Å². The molecule has 0 aromatic rings. The molecule has 1 heterocycles. The van der Waals surface area contributed by atoms with E-state index in [1.165, 1.54) is 44.6 Å². The largest absolute Gasteiger partial charge is 0.311 e. The van der Waals surface area contributed by atoms with E-state index in [4.69, 9.17) is 0 Å². The maximum atomic E-state index is 3.71. The number of thioether (sulfide) groups is 1. The van der Waals surface area contributed by atoms with Crippen LogP contribution in [-0.2, 0) is 0 Å². The van der Waals surface area contributed by atoms with Gasteiger partial charge in [-0.3, -0.25) is 4.90 Å². The van der Waals surface area contributed by atoms with E-state index in [1.807, 2.05) is 11.8 Å². The Bertz CT molecular complexity index is 199. The highest BCUT2D eigenvalue weighted by Crippen LogP contribution is 2.19. The molecular weight excluding hydrogens is 228 g/mol. The fourth-order valence-electron chi connectivity index (χ4n) is 2.68. The summed E-state index contributed by atoms with van der Waals surface area (Å²) >= 11 is 1.97. The zero-order chi connectivity index (χ0) is 12.7. The maximum absolute atomic E-state index is 3.71. The molecule has 1 N–H and O–H groups in total. The number of rotatable bonds is 7. The van der Waals surface area contributed by atoms with Crippen molar-refractivity contribution in [1.82, 2.24) is 10.2 Å². The minimum Gasteiger partial charge on any atom is -0.311 e. The molecule has 0 aromatic heterocycles. The Hall–Kier alpha value is 0.270. The van der Waals surface area contributed by atoms with Gasteiger partial charge in [0.1, 0.15) is 0 Å². The standard InChI is InChI=1S/C14H30N2S/c1-5-12(3)14-10-15-13(6-2)11-16(14)8-7-9-17-4/h12-15H,5-11H2,1-4H3. The van der Waals surface area contributed by atoms with Gasteiger partial charge in [-0.25, -0.2) is 0 Å². The lowest BCUT2D eigenvalue weighted by Gasteiger charge is -2.43. The average Bonchev–Trinajstić information content (AvgIpc) is 2.38. The van der Waals surface area contributed by atoms with Crippen molar-refractivity contribution in [3.63, 3.8) is 0 Å². The van der Waals surface area contributed by atoms with Crippen LogP contribution in [-0.4, -0.2) is 48.6 Å². The quantitative estimate of drug-likeness (QED) is 0.707. The van der Waals surface area contributed by atoms with Crippen molar-refractivity contribution in [1.29, 1.82) is 0 Å². The van der Waals surface area contributed by atoms with Gasteiger partial charge in [0.15, 0.2) is 0 Å². The Kier molecular flexibility index (Phi) is 7.56. The fraction of sp³-hybridized carbons (Fsp3) is 1.00. The summed E-state index contributed by atoms with van der Waals surface area (Å²) in [7, 11) is 0. The van der Waals surface area contributed by atoms with E-state index in [0.29, 0.717) is 6.04 Å². The van der Waals surface area contributed by atoms with Crippen LogP contribution in [0.5, 0.6) is 0 Å². The Morgan fingerprint density at radius 3 is 2.76 bits per heavy atom. The van der Waals surface area contributed by atoms with Gasteiger partial charge in [0, 0.05) is 25.2 Å². The number of piperazine rings is 1. The Labute approximate surface area is 112 Å². The summed E-state index contributed by atoms with van der Waals surface area (Å²) < 4.78 is 0. The molecule has 0 bridgehead atoms. The summed E-state index contributed by atoms with van der Waals surface area (Å²) in [5.74, 6) is 2.11. The van der Waals surface area contributed by atoms with Crippen LogP contribution in [0.25, 0.3) is 0 Å². The van der Waals surface area contributed by atoms with Crippen LogP contribution in [0.15, 0.2) is 0 Å². The first-order valence-corrected chi connectivity index (χ1v) is 8.58. The molecule has 3 heteroatoms. The topological polar surface area (TPSA) is 15.3 Å². The van der Waals surface area contributed by atoms with Gasteiger partial charge < -0.3 is 5.32 Å². The summed E-state index contributed by atoms with van der Waals surface area (Å²) in [5.41, 5.74) is 0. The van der Waals surface area contributed by atoms with Crippen molar-refractivity contribution in [3.05, 3.63) is 0 Å². The second-order valence-corrected chi connectivity index (χ2v) is 6.29. The number of hydrogen-bond donors (Lipinski definition) is 1. The van der Waals surface area contributed by atoms with Crippen LogP contribution in [0.4, 0.5) is 0 Å². The van der Waals surface area contributed by atoms with E-state index >= 15 is 0 Å². The SMILES string of the molecule is CCC1CN(CCCSC)C(C(C)CC)CN1. The van der Waals surface area contributed by atoms with Crippen LogP contribution < -0.4 is 5.32 Å². The van der Waals surface area contributed by atoms with Gasteiger partial charge in [-0.15, -0.1) is 0 Å². The van der Waals surface area contributed by atoms with Gasteiger partial charge in [-0.2, -0.15) is 11.8 Å². The van der Waals surface area contributed by atoms with Crippen molar-refractivity contribution in [2.75, 3.05) is 31.6 Å². The van der Waals surface area contributed by atoms with Crippen LogP contribution in [0.2, 0.25) is 0 Å². The second kappa shape index (κ2) is 8.39. The minimum absolute atomic E-state index is 0.713. The van der Waals surface area contributed by atoms with E-state index in [2.05, 4.69) is 37.2 Å². The molecule has 1 fully saturated rings. The van der Waals surface area contributed by atoms with E-state index in [0.717, 1.165) is 12.0 Å². The summed E-state index contributed by atoms with van der Waals surface area (Å²) in [6, 6.07) is 1.47. The maximum Gasteiger partial charge on any atom is 0.0246 e. The molecule has 1 rings (SSSR count). The molecule has 1 aliphatic heterocycles. The molecule has 0 amide bonds. The lowest BCUT2D eigenvalue weighted by atomic mass is 9.94. The smallest absolute Gasteiger partial charge is 0.0246 e. The molecule has 0 saturated carbocycles. The average molecular weight is 258 g/mol. The molecule has 17 heavy (non-hydrogen) atoms. The first kappa shape index (κ1) is 15.3. The van der Waals surface area contributed by atoms with Crippen LogP contribution in [0.1, 0.15) is 40.0 Å². The molecule has 102 valence electrons. The molecular formula is C14H30N2S. The normalized spacial score (nSPS) is 28.2.